The summed E-state index contributed by atoms with van der Waals surface area (Å²) in [5.74, 6) is 1.84. The largest absolute Gasteiger partial charge is 0.497 e. The van der Waals surface area contributed by atoms with Gasteiger partial charge in [0.05, 0.1) is 23.7 Å². The van der Waals surface area contributed by atoms with Crippen LogP contribution in [-0.4, -0.2) is 21.5 Å². The second-order valence-electron chi connectivity index (χ2n) is 4.85. The molecule has 0 amide bonds. The molecule has 0 saturated heterocycles. The maximum atomic E-state index is 5.29. The molecule has 4 aromatic rings. The van der Waals surface area contributed by atoms with Crippen LogP contribution < -0.4 is 4.74 Å². The average Bonchev–Trinajstić information content (AvgIpc) is 3.08. The lowest BCUT2D eigenvalue weighted by atomic mass is 10.2. The number of imidazole rings is 1. The SMILES string of the molecule is COc1ccc2sc(-c3nc(C)n4ccncc34)cc2c1. The van der Waals surface area contributed by atoms with Gasteiger partial charge in [0.15, 0.2) is 0 Å². The van der Waals surface area contributed by atoms with Crippen LogP contribution in [-0.2, 0) is 0 Å². The van der Waals surface area contributed by atoms with E-state index in [2.05, 4.69) is 27.6 Å². The van der Waals surface area contributed by atoms with Gasteiger partial charge in [-0.2, -0.15) is 0 Å². The van der Waals surface area contributed by atoms with Crippen molar-refractivity contribution >= 4 is 26.9 Å². The van der Waals surface area contributed by atoms with Gasteiger partial charge >= 0.3 is 0 Å². The predicted octanol–water partition coefficient (Wildman–Crippen LogP) is 3.93. The van der Waals surface area contributed by atoms with Gasteiger partial charge in [0, 0.05) is 17.1 Å². The molecule has 0 unspecified atom stereocenters. The van der Waals surface area contributed by atoms with Crippen molar-refractivity contribution in [3.05, 3.63) is 48.7 Å². The van der Waals surface area contributed by atoms with Crippen molar-refractivity contribution in [1.82, 2.24) is 14.4 Å². The number of fused-ring (bicyclic) bond motifs is 2. The minimum atomic E-state index is 0.874. The van der Waals surface area contributed by atoms with Crippen molar-refractivity contribution in [3.8, 4) is 16.3 Å². The predicted molar refractivity (Wildman–Crippen MR) is 85.1 cm³/mol. The number of hydrogen-bond donors (Lipinski definition) is 0. The van der Waals surface area contributed by atoms with Crippen molar-refractivity contribution in [2.45, 2.75) is 6.92 Å². The van der Waals surface area contributed by atoms with Crippen molar-refractivity contribution in [2.24, 2.45) is 0 Å². The van der Waals surface area contributed by atoms with Crippen LogP contribution in [0.2, 0.25) is 0 Å². The normalized spacial score (nSPS) is 11.3. The van der Waals surface area contributed by atoms with E-state index in [0.29, 0.717) is 0 Å². The van der Waals surface area contributed by atoms with Gasteiger partial charge in [-0.25, -0.2) is 4.98 Å². The van der Waals surface area contributed by atoms with E-state index >= 15 is 0 Å². The van der Waals surface area contributed by atoms with Crippen LogP contribution in [0.4, 0.5) is 0 Å². The van der Waals surface area contributed by atoms with E-state index in [4.69, 9.17) is 9.72 Å². The Balaban J connectivity index is 1.96. The first-order valence-corrected chi connectivity index (χ1v) is 7.44. The molecule has 0 N–H and O–H groups in total. The summed E-state index contributed by atoms with van der Waals surface area (Å²) in [7, 11) is 1.69. The van der Waals surface area contributed by atoms with E-state index in [1.807, 2.05) is 25.4 Å². The minimum Gasteiger partial charge on any atom is -0.497 e. The van der Waals surface area contributed by atoms with E-state index in [0.717, 1.165) is 27.7 Å². The Morgan fingerprint density at radius 1 is 1.24 bits per heavy atom. The molecule has 0 saturated carbocycles. The molecule has 0 radical (unpaired) electrons. The number of benzene rings is 1. The summed E-state index contributed by atoms with van der Waals surface area (Å²) in [5, 5.41) is 1.18. The van der Waals surface area contributed by atoms with Crippen LogP contribution in [0.25, 0.3) is 26.2 Å². The summed E-state index contributed by atoms with van der Waals surface area (Å²) in [6.07, 6.45) is 5.58. The topological polar surface area (TPSA) is 39.4 Å². The zero-order valence-corrected chi connectivity index (χ0v) is 12.5. The van der Waals surface area contributed by atoms with E-state index in [1.54, 1.807) is 24.6 Å². The van der Waals surface area contributed by atoms with Gasteiger partial charge in [-0.3, -0.25) is 4.98 Å². The molecule has 21 heavy (non-hydrogen) atoms. The number of aromatic nitrogens is 3. The molecule has 0 bridgehead atoms. The molecule has 0 spiro atoms. The molecular weight excluding hydrogens is 282 g/mol. The zero-order valence-electron chi connectivity index (χ0n) is 11.7. The first kappa shape index (κ1) is 12.3. The van der Waals surface area contributed by atoms with E-state index in [-0.39, 0.29) is 0 Å². The quantitative estimate of drug-likeness (QED) is 0.562. The lowest BCUT2D eigenvalue weighted by Crippen LogP contribution is -1.86. The molecule has 3 aromatic heterocycles. The molecule has 4 nitrogen and oxygen atoms in total. The van der Waals surface area contributed by atoms with Gasteiger partial charge in [-0.1, -0.05) is 0 Å². The number of thiophene rings is 1. The minimum absolute atomic E-state index is 0.874. The first-order valence-electron chi connectivity index (χ1n) is 6.63. The van der Waals surface area contributed by atoms with Gasteiger partial charge in [-0.05, 0) is 36.6 Å². The third-order valence-corrected chi connectivity index (χ3v) is 4.70. The van der Waals surface area contributed by atoms with Crippen LogP contribution >= 0.6 is 11.3 Å². The van der Waals surface area contributed by atoms with Gasteiger partial charge < -0.3 is 9.14 Å². The average molecular weight is 295 g/mol. The molecular formula is C16H13N3OS. The summed E-state index contributed by atoms with van der Waals surface area (Å²) in [6.45, 7) is 2.01. The monoisotopic (exact) mass is 295 g/mol. The highest BCUT2D eigenvalue weighted by atomic mass is 32.1. The molecule has 0 aliphatic carbocycles. The third-order valence-electron chi connectivity index (χ3n) is 3.58. The number of nitrogens with zero attached hydrogens (tertiary/aromatic N) is 3. The molecule has 0 aliphatic rings. The van der Waals surface area contributed by atoms with Crippen LogP contribution in [0, 0.1) is 6.92 Å². The smallest absolute Gasteiger partial charge is 0.119 e. The second kappa shape index (κ2) is 4.56. The van der Waals surface area contributed by atoms with Crippen LogP contribution in [0.3, 0.4) is 0 Å². The summed E-state index contributed by atoms with van der Waals surface area (Å²) in [5.41, 5.74) is 2.02. The fourth-order valence-electron chi connectivity index (χ4n) is 2.54. The van der Waals surface area contributed by atoms with E-state index in [9.17, 15) is 0 Å². The van der Waals surface area contributed by atoms with Crippen molar-refractivity contribution in [2.75, 3.05) is 7.11 Å². The summed E-state index contributed by atoms with van der Waals surface area (Å²) >= 11 is 1.74. The first-order chi connectivity index (χ1) is 10.3. The molecule has 1 aromatic carbocycles. The van der Waals surface area contributed by atoms with Crippen LogP contribution in [0.1, 0.15) is 5.82 Å². The highest BCUT2D eigenvalue weighted by Crippen LogP contribution is 2.36. The van der Waals surface area contributed by atoms with Crippen molar-refractivity contribution in [1.29, 1.82) is 0 Å². The van der Waals surface area contributed by atoms with Gasteiger partial charge in [0.25, 0.3) is 0 Å². The number of aryl methyl sites for hydroxylation is 1. The van der Waals surface area contributed by atoms with Gasteiger partial charge in [0.1, 0.15) is 17.3 Å². The summed E-state index contributed by atoms with van der Waals surface area (Å²) in [4.78, 5) is 10.1. The highest BCUT2D eigenvalue weighted by Gasteiger charge is 2.13. The molecule has 4 rings (SSSR count). The molecule has 0 atom stereocenters. The molecule has 3 heterocycles. The number of rotatable bonds is 2. The Morgan fingerprint density at radius 3 is 3.00 bits per heavy atom. The summed E-state index contributed by atoms with van der Waals surface area (Å²) < 4.78 is 8.58. The zero-order chi connectivity index (χ0) is 14.4. The van der Waals surface area contributed by atoms with E-state index in [1.165, 1.54) is 10.1 Å². The molecule has 0 aliphatic heterocycles. The third kappa shape index (κ3) is 1.89. The molecule has 0 fully saturated rings. The van der Waals surface area contributed by atoms with Crippen LogP contribution in [0.5, 0.6) is 5.75 Å². The Bertz CT molecular complexity index is 955. The Hall–Kier alpha value is -2.40. The highest BCUT2D eigenvalue weighted by molar-refractivity contribution is 7.22. The fraction of sp³-hybridized carbons (Fsp3) is 0.125. The maximum absolute atomic E-state index is 5.29. The standard InChI is InChI=1S/C16H13N3OS/c1-10-18-16(13-9-17-5-6-19(10)13)15-8-11-7-12(20-2)3-4-14(11)21-15/h3-9H,1-2H3. The Labute approximate surface area is 125 Å². The number of methoxy groups -OCH3 is 1. The van der Waals surface area contributed by atoms with Crippen molar-refractivity contribution in [3.63, 3.8) is 0 Å². The fourth-order valence-corrected chi connectivity index (χ4v) is 3.58. The molecule has 5 heteroatoms. The second-order valence-corrected chi connectivity index (χ2v) is 5.94. The molecule has 104 valence electrons. The number of ether oxygens (including phenoxy) is 1. The number of hydrogen-bond acceptors (Lipinski definition) is 4. The summed E-state index contributed by atoms with van der Waals surface area (Å²) in [6, 6.07) is 8.29. The van der Waals surface area contributed by atoms with Gasteiger partial charge in [0.2, 0.25) is 0 Å². The maximum Gasteiger partial charge on any atom is 0.119 e. The van der Waals surface area contributed by atoms with Crippen LogP contribution in [0.15, 0.2) is 42.9 Å². The van der Waals surface area contributed by atoms with E-state index < -0.39 is 0 Å². The lowest BCUT2D eigenvalue weighted by Gasteiger charge is -1.97. The Morgan fingerprint density at radius 2 is 2.14 bits per heavy atom. The Kier molecular flexibility index (Phi) is 2.68. The van der Waals surface area contributed by atoms with Gasteiger partial charge in [-0.15, -0.1) is 11.3 Å². The lowest BCUT2D eigenvalue weighted by molar-refractivity contribution is 0.415. The van der Waals surface area contributed by atoms with Crippen molar-refractivity contribution < 1.29 is 4.74 Å².